The van der Waals surface area contributed by atoms with E-state index < -0.39 is 36.8 Å². The van der Waals surface area contributed by atoms with Gasteiger partial charge in [0, 0.05) is 7.11 Å². The summed E-state index contributed by atoms with van der Waals surface area (Å²) in [5.41, 5.74) is -2.93. The van der Waals surface area contributed by atoms with Crippen LogP contribution in [0.1, 0.15) is 0 Å². The van der Waals surface area contributed by atoms with Gasteiger partial charge in [-0.05, 0) is 0 Å². The Morgan fingerprint density at radius 1 is 1.41 bits per heavy atom. The van der Waals surface area contributed by atoms with Gasteiger partial charge in [-0.1, -0.05) is 0 Å². The van der Waals surface area contributed by atoms with Gasteiger partial charge in [-0.15, -0.1) is 0 Å². The first-order chi connectivity index (χ1) is 7.65. The first-order valence-corrected chi connectivity index (χ1v) is 6.06. The molecule has 0 bridgehead atoms. The van der Waals surface area contributed by atoms with Crippen molar-refractivity contribution in [3.63, 3.8) is 0 Å². The average Bonchev–Trinajstić information content (AvgIpc) is 2.80. The Morgan fingerprint density at radius 3 is 2.35 bits per heavy atom. The molecule has 3 N–H and O–H groups in total. The maximum Gasteiger partial charge on any atom is 0.374 e. The van der Waals surface area contributed by atoms with Crippen LogP contribution in [-0.4, -0.2) is 59.0 Å². The maximum atomic E-state index is 11.6. The van der Waals surface area contributed by atoms with Crippen LogP contribution >= 0.6 is 7.37 Å². The Bertz CT molecular complexity index is 402. The van der Waals surface area contributed by atoms with E-state index >= 15 is 0 Å². The van der Waals surface area contributed by atoms with Crippen LogP contribution < -0.4 is 0 Å². The molecule has 1 aliphatic heterocycles. The van der Waals surface area contributed by atoms with Crippen molar-refractivity contribution in [1.82, 2.24) is 0 Å². The minimum absolute atomic E-state index is 0.605. The molecule has 0 aliphatic carbocycles. The van der Waals surface area contributed by atoms with Gasteiger partial charge in [-0.25, -0.2) is 4.79 Å². The summed E-state index contributed by atoms with van der Waals surface area (Å²) in [4.78, 5) is 22.3. The number of aliphatic hydroxyl groups is 3. The van der Waals surface area contributed by atoms with Crippen molar-refractivity contribution in [2.24, 2.45) is 0 Å². The number of ketones is 1. The second-order valence-electron chi connectivity index (χ2n) is 3.28. The molecule has 1 saturated heterocycles. The van der Waals surface area contributed by atoms with Crippen LogP contribution in [0.2, 0.25) is 0 Å². The van der Waals surface area contributed by atoms with Gasteiger partial charge < -0.3 is 24.8 Å². The van der Waals surface area contributed by atoms with E-state index in [2.05, 4.69) is 14.0 Å². The first kappa shape index (κ1) is 14.2. The van der Waals surface area contributed by atoms with Crippen molar-refractivity contribution in [2.45, 2.75) is 11.3 Å². The molecule has 9 nitrogen and oxygen atoms in total. The zero-order valence-corrected chi connectivity index (χ0v) is 9.84. The number of esters is 1. The molecule has 17 heavy (non-hydrogen) atoms. The number of carbonyl (C=O) groups excluding carboxylic acids is 2. The predicted octanol–water partition coefficient (Wildman–Crippen LogP) is -2.03. The molecule has 0 aromatic carbocycles. The standard InChI is InChI=1S/C7H11O9P/c1-14-3-17(13)7(12,16-17)4(8)6(10,11)5(9)15-2/h10-12H,3H2,1-2H3. The smallest absolute Gasteiger partial charge is 0.374 e. The Hall–Kier alpha value is -0.830. The molecular weight excluding hydrogens is 259 g/mol. The number of Topliss-reactive ketones (excluding diaryl/α,β-unsaturated/α-hetero) is 1. The van der Waals surface area contributed by atoms with Crippen LogP contribution in [-0.2, 0) is 28.2 Å². The molecule has 0 saturated carbocycles. The summed E-state index contributed by atoms with van der Waals surface area (Å²) in [5, 5.41) is 27.8. The fraction of sp³-hybridized carbons (Fsp3) is 0.714. The van der Waals surface area contributed by atoms with Crippen molar-refractivity contribution in [3.05, 3.63) is 0 Å². The van der Waals surface area contributed by atoms with Crippen molar-refractivity contribution < 1.29 is 43.5 Å². The lowest BCUT2D eigenvalue weighted by Gasteiger charge is -2.17. The van der Waals surface area contributed by atoms with Gasteiger partial charge in [0.25, 0.3) is 13.2 Å². The van der Waals surface area contributed by atoms with E-state index in [1.165, 1.54) is 0 Å². The lowest BCUT2D eigenvalue weighted by Crippen LogP contribution is -2.53. The lowest BCUT2D eigenvalue weighted by molar-refractivity contribution is -0.215. The number of ether oxygens (including phenoxy) is 2. The Morgan fingerprint density at radius 2 is 1.94 bits per heavy atom. The van der Waals surface area contributed by atoms with Crippen molar-refractivity contribution in [2.75, 3.05) is 20.6 Å². The number of carbonyl (C=O) groups is 2. The van der Waals surface area contributed by atoms with E-state index in [1.54, 1.807) is 0 Å². The first-order valence-electron chi connectivity index (χ1n) is 4.25. The van der Waals surface area contributed by atoms with E-state index in [1.807, 2.05) is 0 Å². The summed E-state index contributed by atoms with van der Waals surface area (Å²) in [7, 11) is -1.95. The van der Waals surface area contributed by atoms with Gasteiger partial charge >= 0.3 is 17.3 Å². The molecule has 1 heterocycles. The SMILES string of the molecule is COCP1(=O)OC1(O)C(=O)C(O)(O)C(=O)OC. The molecule has 2 atom stereocenters. The predicted molar refractivity (Wildman–Crippen MR) is 49.7 cm³/mol. The molecule has 1 rings (SSSR count). The molecule has 0 amide bonds. The minimum Gasteiger partial charge on any atom is -0.465 e. The van der Waals surface area contributed by atoms with Gasteiger partial charge in [-0.3, -0.25) is 13.9 Å². The van der Waals surface area contributed by atoms with E-state index in [9.17, 15) is 19.3 Å². The van der Waals surface area contributed by atoms with Gasteiger partial charge in [0.2, 0.25) is 0 Å². The Balaban J connectivity index is 2.94. The highest BCUT2D eigenvalue weighted by atomic mass is 31.2. The van der Waals surface area contributed by atoms with Crippen LogP contribution in [0.15, 0.2) is 0 Å². The number of methoxy groups -OCH3 is 2. The highest BCUT2D eigenvalue weighted by molar-refractivity contribution is 7.67. The lowest BCUT2D eigenvalue weighted by atomic mass is 10.1. The van der Waals surface area contributed by atoms with Gasteiger partial charge in [-0.2, -0.15) is 0 Å². The molecule has 0 aromatic rings. The molecule has 0 radical (unpaired) electrons. The fourth-order valence-corrected chi connectivity index (χ4v) is 2.89. The third-order valence-electron chi connectivity index (χ3n) is 2.09. The van der Waals surface area contributed by atoms with Crippen LogP contribution in [0.25, 0.3) is 0 Å². The maximum absolute atomic E-state index is 11.6. The third-order valence-corrected chi connectivity index (χ3v) is 4.29. The second kappa shape index (κ2) is 4.13. The molecular formula is C7H11O9P. The van der Waals surface area contributed by atoms with Gasteiger partial charge in [0.05, 0.1) is 7.11 Å². The van der Waals surface area contributed by atoms with E-state index in [0.717, 1.165) is 14.2 Å². The number of hydrogen-bond acceptors (Lipinski definition) is 9. The largest absolute Gasteiger partial charge is 0.465 e. The monoisotopic (exact) mass is 270 g/mol. The topological polar surface area (TPSA) is 143 Å². The van der Waals surface area contributed by atoms with E-state index in [0.29, 0.717) is 0 Å². The molecule has 0 spiro atoms. The van der Waals surface area contributed by atoms with Crippen molar-refractivity contribution in [1.29, 1.82) is 0 Å². The van der Waals surface area contributed by atoms with Crippen LogP contribution in [0.4, 0.5) is 0 Å². The number of hydrogen-bond donors (Lipinski definition) is 3. The molecule has 0 aromatic heterocycles. The third kappa shape index (κ3) is 2.01. The summed E-state index contributed by atoms with van der Waals surface area (Å²) >= 11 is 0. The Kier molecular flexibility index (Phi) is 3.45. The van der Waals surface area contributed by atoms with Crippen LogP contribution in [0.5, 0.6) is 0 Å². The normalized spacial score (nSPS) is 32.1. The van der Waals surface area contributed by atoms with E-state index in [-0.39, 0.29) is 0 Å². The fourth-order valence-electron chi connectivity index (χ4n) is 1.13. The number of rotatable bonds is 5. The zero-order valence-electron chi connectivity index (χ0n) is 8.95. The summed E-state index contributed by atoms with van der Waals surface area (Å²) in [6.07, 6.45) is -0.605. The minimum atomic E-state index is -3.88. The van der Waals surface area contributed by atoms with Crippen molar-refractivity contribution >= 4 is 19.1 Å². The van der Waals surface area contributed by atoms with Crippen LogP contribution in [0, 0.1) is 0 Å². The molecule has 2 unspecified atom stereocenters. The van der Waals surface area contributed by atoms with Crippen molar-refractivity contribution in [3.8, 4) is 0 Å². The van der Waals surface area contributed by atoms with Crippen LogP contribution in [0.3, 0.4) is 0 Å². The van der Waals surface area contributed by atoms with Gasteiger partial charge in [0.15, 0.2) is 0 Å². The highest BCUT2D eigenvalue weighted by Gasteiger charge is 2.77. The molecule has 1 fully saturated rings. The van der Waals surface area contributed by atoms with E-state index in [4.69, 9.17) is 10.2 Å². The summed E-state index contributed by atoms with van der Waals surface area (Å²) in [6, 6.07) is 0. The highest BCUT2D eigenvalue weighted by Crippen LogP contribution is 2.77. The molecule has 98 valence electrons. The zero-order chi connectivity index (χ0) is 13.5. The van der Waals surface area contributed by atoms with Gasteiger partial charge in [0.1, 0.15) is 6.35 Å². The second-order valence-corrected chi connectivity index (χ2v) is 5.68. The quantitative estimate of drug-likeness (QED) is 0.169. The summed E-state index contributed by atoms with van der Waals surface area (Å²) in [5.74, 6) is -7.24. The molecule has 10 heteroatoms. The summed E-state index contributed by atoms with van der Waals surface area (Å²) < 4.78 is 24.2. The average molecular weight is 270 g/mol. The molecule has 1 aliphatic rings. The Labute approximate surface area is 95.3 Å². The summed E-state index contributed by atoms with van der Waals surface area (Å²) in [6.45, 7) is 0.